The SMILES string of the molecule is CCOc1cc(N=[N+]=[N-])cc([N+](=O)[O-])c1. The third-order valence-corrected chi connectivity index (χ3v) is 1.56. The number of rotatable bonds is 4. The Bertz CT molecular complexity index is 406. The summed E-state index contributed by atoms with van der Waals surface area (Å²) >= 11 is 0. The summed E-state index contributed by atoms with van der Waals surface area (Å²) in [5.41, 5.74) is 8.22. The molecular weight excluding hydrogens is 200 g/mol. The maximum atomic E-state index is 10.5. The van der Waals surface area contributed by atoms with E-state index in [-0.39, 0.29) is 11.4 Å². The van der Waals surface area contributed by atoms with Crippen molar-refractivity contribution in [3.8, 4) is 5.75 Å². The molecule has 0 atom stereocenters. The first-order valence-corrected chi connectivity index (χ1v) is 4.14. The van der Waals surface area contributed by atoms with E-state index in [1.54, 1.807) is 6.92 Å². The second kappa shape index (κ2) is 4.83. The number of ether oxygens (including phenoxy) is 1. The molecule has 0 saturated heterocycles. The van der Waals surface area contributed by atoms with Crippen molar-refractivity contribution in [2.75, 3.05) is 6.61 Å². The number of azide groups is 1. The lowest BCUT2D eigenvalue weighted by Crippen LogP contribution is -1.93. The Balaban J connectivity index is 3.19. The largest absolute Gasteiger partial charge is 0.494 e. The van der Waals surface area contributed by atoms with Crippen molar-refractivity contribution in [1.29, 1.82) is 0 Å². The topological polar surface area (TPSA) is 101 Å². The highest BCUT2D eigenvalue weighted by Crippen LogP contribution is 2.27. The number of benzene rings is 1. The molecule has 7 nitrogen and oxygen atoms in total. The van der Waals surface area contributed by atoms with E-state index in [1.165, 1.54) is 18.2 Å². The first-order valence-electron chi connectivity index (χ1n) is 4.14. The van der Waals surface area contributed by atoms with Gasteiger partial charge in [0.05, 0.1) is 17.6 Å². The Morgan fingerprint density at radius 2 is 2.33 bits per heavy atom. The van der Waals surface area contributed by atoms with Crippen molar-refractivity contribution < 1.29 is 9.66 Å². The van der Waals surface area contributed by atoms with Crippen molar-refractivity contribution >= 4 is 11.4 Å². The van der Waals surface area contributed by atoms with Crippen LogP contribution < -0.4 is 4.74 Å². The number of hydrogen-bond donors (Lipinski definition) is 0. The maximum absolute atomic E-state index is 10.5. The zero-order valence-electron chi connectivity index (χ0n) is 7.95. The summed E-state index contributed by atoms with van der Waals surface area (Å²) in [7, 11) is 0. The Labute approximate surface area is 85.1 Å². The Morgan fingerprint density at radius 3 is 2.87 bits per heavy atom. The van der Waals surface area contributed by atoms with Gasteiger partial charge in [0.2, 0.25) is 0 Å². The van der Waals surface area contributed by atoms with E-state index >= 15 is 0 Å². The zero-order chi connectivity index (χ0) is 11.3. The van der Waals surface area contributed by atoms with E-state index in [9.17, 15) is 10.1 Å². The van der Waals surface area contributed by atoms with Gasteiger partial charge in [-0.05, 0) is 18.5 Å². The van der Waals surface area contributed by atoms with Crippen LogP contribution in [-0.4, -0.2) is 11.5 Å². The van der Waals surface area contributed by atoms with Gasteiger partial charge in [-0.25, -0.2) is 0 Å². The van der Waals surface area contributed by atoms with Gasteiger partial charge in [0.1, 0.15) is 5.75 Å². The Kier molecular flexibility index (Phi) is 3.48. The van der Waals surface area contributed by atoms with E-state index in [0.29, 0.717) is 12.4 Å². The summed E-state index contributed by atoms with van der Waals surface area (Å²) in [6.07, 6.45) is 0. The lowest BCUT2D eigenvalue weighted by molar-refractivity contribution is -0.384. The molecule has 0 aliphatic carbocycles. The van der Waals surface area contributed by atoms with Gasteiger partial charge < -0.3 is 4.74 Å². The molecule has 0 unspecified atom stereocenters. The van der Waals surface area contributed by atoms with Gasteiger partial charge in [0.25, 0.3) is 5.69 Å². The number of nitrogens with zero attached hydrogens (tertiary/aromatic N) is 4. The minimum atomic E-state index is -0.571. The fourth-order valence-corrected chi connectivity index (χ4v) is 1.03. The third-order valence-electron chi connectivity index (χ3n) is 1.56. The van der Waals surface area contributed by atoms with Crippen LogP contribution in [0.5, 0.6) is 5.75 Å². The van der Waals surface area contributed by atoms with Crippen LogP contribution in [0, 0.1) is 10.1 Å². The van der Waals surface area contributed by atoms with Gasteiger partial charge in [-0.15, -0.1) is 0 Å². The second-order valence-corrected chi connectivity index (χ2v) is 2.56. The Hall–Kier alpha value is -2.27. The zero-order valence-corrected chi connectivity index (χ0v) is 7.95. The summed E-state index contributed by atoms with van der Waals surface area (Å²) in [4.78, 5) is 12.5. The van der Waals surface area contributed by atoms with Crippen molar-refractivity contribution in [1.82, 2.24) is 0 Å². The normalized spacial score (nSPS) is 9.13. The molecule has 0 bridgehead atoms. The predicted octanol–water partition coefficient (Wildman–Crippen LogP) is 2.94. The number of nitro groups is 1. The van der Waals surface area contributed by atoms with E-state index in [0.717, 1.165) is 0 Å². The fourth-order valence-electron chi connectivity index (χ4n) is 1.03. The molecule has 0 aromatic heterocycles. The average molecular weight is 208 g/mol. The summed E-state index contributed by atoms with van der Waals surface area (Å²) < 4.78 is 5.10. The van der Waals surface area contributed by atoms with E-state index in [1.807, 2.05) is 0 Å². The molecule has 78 valence electrons. The summed E-state index contributed by atoms with van der Waals surface area (Å²) in [5, 5.41) is 13.8. The average Bonchev–Trinajstić information content (AvgIpc) is 2.18. The highest BCUT2D eigenvalue weighted by atomic mass is 16.6. The lowest BCUT2D eigenvalue weighted by Gasteiger charge is -2.03. The molecule has 0 saturated carbocycles. The summed E-state index contributed by atoms with van der Waals surface area (Å²) in [6, 6.07) is 3.90. The molecule has 1 rings (SSSR count). The molecule has 0 N–H and O–H groups in total. The van der Waals surface area contributed by atoms with Crippen LogP contribution in [0.15, 0.2) is 23.3 Å². The number of nitro benzene ring substituents is 1. The van der Waals surface area contributed by atoms with Gasteiger partial charge in [0.15, 0.2) is 0 Å². The van der Waals surface area contributed by atoms with Crippen LogP contribution >= 0.6 is 0 Å². The number of hydrogen-bond acceptors (Lipinski definition) is 4. The monoisotopic (exact) mass is 208 g/mol. The minimum Gasteiger partial charge on any atom is -0.494 e. The third kappa shape index (κ3) is 2.85. The smallest absolute Gasteiger partial charge is 0.273 e. The van der Waals surface area contributed by atoms with Crippen molar-refractivity contribution in [3.63, 3.8) is 0 Å². The van der Waals surface area contributed by atoms with Gasteiger partial charge in [0, 0.05) is 16.7 Å². The molecule has 15 heavy (non-hydrogen) atoms. The molecule has 0 heterocycles. The summed E-state index contributed by atoms with van der Waals surface area (Å²) in [6.45, 7) is 2.14. The van der Waals surface area contributed by atoms with E-state index in [2.05, 4.69) is 10.0 Å². The van der Waals surface area contributed by atoms with Crippen LogP contribution in [0.25, 0.3) is 10.4 Å². The summed E-state index contributed by atoms with van der Waals surface area (Å²) in [5.74, 6) is 0.314. The van der Waals surface area contributed by atoms with Gasteiger partial charge in [-0.2, -0.15) is 0 Å². The van der Waals surface area contributed by atoms with Gasteiger partial charge in [-0.3, -0.25) is 10.1 Å². The molecule has 7 heteroatoms. The molecular formula is C8H8N4O3. The molecule has 0 aliphatic heterocycles. The fraction of sp³-hybridized carbons (Fsp3) is 0.250. The van der Waals surface area contributed by atoms with E-state index < -0.39 is 4.92 Å². The highest BCUT2D eigenvalue weighted by molar-refractivity contribution is 5.52. The molecule has 1 aromatic rings. The minimum absolute atomic E-state index is 0.162. The maximum Gasteiger partial charge on any atom is 0.273 e. The standard InChI is InChI=1S/C8H8N4O3/c1-2-15-8-4-6(10-11-9)3-7(5-8)12(13)14/h3-5H,2H2,1H3. The van der Waals surface area contributed by atoms with Crippen LogP contribution in [0.1, 0.15) is 6.92 Å². The highest BCUT2D eigenvalue weighted by Gasteiger charge is 2.09. The molecule has 1 aromatic carbocycles. The Morgan fingerprint density at radius 1 is 1.60 bits per heavy atom. The predicted molar refractivity (Wildman–Crippen MR) is 53.1 cm³/mol. The van der Waals surface area contributed by atoms with Gasteiger partial charge >= 0.3 is 0 Å². The number of non-ortho nitro benzene ring substituents is 1. The van der Waals surface area contributed by atoms with E-state index in [4.69, 9.17) is 10.3 Å². The van der Waals surface area contributed by atoms with Crippen LogP contribution in [0.4, 0.5) is 11.4 Å². The molecule has 0 aliphatic rings. The lowest BCUT2D eigenvalue weighted by atomic mass is 10.2. The molecule has 0 fully saturated rings. The van der Waals surface area contributed by atoms with Crippen molar-refractivity contribution in [2.24, 2.45) is 5.11 Å². The van der Waals surface area contributed by atoms with Gasteiger partial charge in [-0.1, -0.05) is 5.11 Å². The first kappa shape index (κ1) is 10.8. The second-order valence-electron chi connectivity index (χ2n) is 2.56. The van der Waals surface area contributed by atoms with Crippen LogP contribution in [-0.2, 0) is 0 Å². The van der Waals surface area contributed by atoms with Crippen molar-refractivity contribution in [2.45, 2.75) is 6.92 Å². The first-order chi connectivity index (χ1) is 7.17. The molecule has 0 amide bonds. The van der Waals surface area contributed by atoms with Crippen LogP contribution in [0.2, 0.25) is 0 Å². The molecule has 0 radical (unpaired) electrons. The van der Waals surface area contributed by atoms with Crippen LogP contribution in [0.3, 0.4) is 0 Å². The quantitative estimate of drug-likeness (QED) is 0.250. The molecule has 0 spiro atoms. The van der Waals surface area contributed by atoms with Crippen molar-refractivity contribution in [3.05, 3.63) is 38.8 Å².